The number of carbonyl (C=O) groups is 1. The summed E-state index contributed by atoms with van der Waals surface area (Å²) in [5, 5.41) is 1.15. The highest BCUT2D eigenvalue weighted by Crippen LogP contribution is 2.28. The van der Waals surface area contributed by atoms with Gasteiger partial charge >= 0.3 is 0 Å². The molecule has 2 aromatic heterocycles. The van der Waals surface area contributed by atoms with Crippen LogP contribution in [0.1, 0.15) is 27.6 Å². The number of rotatable bonds is 3. The minimum absolute atomic E-state index is 0.148. The molecule has 0 saturated carbocycles. The largest absolute Gasteiger partial charge is 0.298 e. The number of nitrogens with zero attached hydrogens (tertiary/aromatic N) is 4. The summed E-state index contributed by atoms with van der Waals surface area (Å²) in [5.41, 5.74) is 1.99. The fraction of sp³-hybridized carbons (Fsp3) is 0.250. The molecule has 0 aliphatic carbocycles. The van der Waals surface area contributed by atoms with Crippen LogP contribution in [0.25, 0.3) is 0 Å². The highest BCUT2D eigenvalue weighted by Gasteiger charge is 2.14. The SMILES string of the molecule is Cc1cc(C)nc(Sc2nc(C)nc(Cl)c2C=O)n1. The molecule has 2 rings (SSSR count). The van der Waals surface area contributed by atoms with E-state index >= 15 is 0 Å². The lowest BCUT2D eigenvalue weighted by molar-refractivity contribution is 0.112. The molecule has 0 radical (unpaired) electrons. The Hall–Kier alpha value is -1.53. The second-order valence-electron chi connectivity index (χ2n) is 3.93. The predicted molar refractivity (Wildman–Crippen MR) is 72.8 cm³/mol. The van der Waals surface area contributed by atoms with Gasteiger partial charge in [-0.05, 0) is 38.6 Å². The molecular weight excluding hydrogens is 284 g/mol. The Labute approximate surface area is 119 Å². The first kappa shape index (κ1) is 13.9. The van der Waals surface area contributed by atoms with E-state index in [9.17, 15) is 4.79 Å². The van der Waals surface area contributed by atoms with Crippen molar-refractivity contribution in [2.45, 2.75) is 31.0 Å². The van der Waals surface area contributed by atoms with E-state index in [0.717, 1.165) is 11.4 Å². The summed E-state index contributed by atoms with van der Waals surface area (Å²) in [4.78, 5) is 27.8. The molecule has 0 aliphatic rings. The van der Waals surface area contributed by atoms with E-state index in [4.69, 9.17) is 11.6 Å². The van der Waals surface area contributed by atoms with Crippen molar-refractivity contribution in [3.63, 3.8) is 0 Å². The molecule has 0 unspecified atom stereocenters. The number of carbonyl (C=O) groups excluding carboxylic acids is 1. The minimum atomic E-state index is 0.148. The zero-order valence-corrected chi connectivity index (χ0v) is 12.2. The van der Waals surface area contributed by atoms with Crippen LogP contribution in [-0.2, 0) is 0 Å². The van der Waals surface area contributed by atoms with Gasteiger partial charge in [0.1, 0.15) is 16.0 Å². The van der Waals surface area contributed by atoms with Gasteiger partial charge in [-0.1, -0.05) is 11.6 Å². The molecule has 0 spiro atoms. The third kappa shape index (κ3) is 3.27. The van der Waals surface area contributed by atoms with Gasteiger partial charge in [0, 0.05) is 11.4 Å². The third-order valence-electron chi connectivity index (χ3n) is 2.24. The molecular formula is C12H11ClN4OS. The van der Waals surface area contributed by atoms with Crippen molar-refractivity contribution < 1.29 is 4.79 Å². The van der Waals surface area contributed by atoms with Gasteiger partial charge in [-0.25, -0.2) is 19.9 Å². The Morgan fingerprint density at radius 3 is 2.32 bits per heavy atom. The van der Waals surface area contributed by atoms with Crippen LogP contribution in [0.2, 0.25) is 5.15 Å². The summed E-state index contributed by atoms with van der Waals surface area (Å²) in [6.45, 7) is 5.49. The van der Waals surface area contributed by atoms with E-state index in [1.54, 1.807) is 6.92 Å². The summed E-state index contributed by atoms with van der Waals surface area (Å²) in [5.74, 6) is 0.502. The van der Waals surface area contributed by atoms with Gasteiger partial charge in [0.15, 0.2) is 11.4 Å². The molecule has 0 aromatic carbocycles. The Morgan fingerprint density at radius 1 is 1.11 bits per heavy atom. The number of aldehydes is 1. The summed E-state index contributed by atoms with van der Waals surface area (Å²) in [7, 11) is 0. The molecule has 98 valence electrons. The van der Waals surface area contributed by atoms with Crippen molar-refractivity contribution in [3.05, 3.63) is 34.0 Å². The van der Waals surface area contributed by atoms with Crippen LogP contribution in [0, 0.1) is 20.8 Å². The lowest BCUT2D eigenvalue weighted by atomic mass is 10.4. The van der Waals surface area contributed by atoms with Gasteiger partial charge in [-0.3, -0.25) is 4.79 Å². The maximum Gasteiger partial charge on any atom is 0.194 e. The molecule has 0 bridgehead atoms. The number of hydrogen-bond acceptors (Lipinski definition) is 6. The first-order chi connectivity index (χ1) is 8.99. The Balaban J connectivity index is 2.45. The van der Waals surface area contributed by atoms with E-state index in [0.29, 0.717) is 22.3 Å². The Morgan fingerprint density at radius 2 is 1.74 bits per heavy atom. The van der Waals surface area contributed by atoms with Crippen LogP contribution in [-0.4, -0.2) is 26.2 Å². The second-order valence-corrected chi connectivity index (χ2v) is 5.25. The molecule has 0 saturated heterocycles. The highest BCUT2D eigenvalue weighted by molar-refractivity contribution is 7.99. The molecule has 0 atom stereocenters. The Kier molecular flexibility index (Phi) is 4.11. The fourth-order valence-corrected chi connectivity index (χ4v) is 2.82. The standard InChI is InChI=1S/C12H11ClN4OS/c1-6-4-7(2)15-12(14-6)19-11-9(5-18)10(13)16-8(3)17-11/h4-5H,1-3H3. The normalized spacial score (nSPS) is 10.5. The lowest BCUT2D eigenvalue weighted by Crippen LogP contribution is -2.00. The van der Waals surface area contributed by atoms with Crippen LogP contribution in [0.15, 0.2) is 16.2 Å². The van der Waals surface area contributed by atoms with Gasteiger partial charge in [0.2, 0.25) is 0 Å². The van der Waals surface area contributed by atoms with E-state index in [2.05, 4.69) is 19.9 Å². The second kappa shape index (κ2) is 5.63. The van der Waals surface area contributed by atoms with Crippen LogP contribution in [0.4, 0.5) is 0 Å². The number of halogens is 1. The van der Waals surface area contributed by atoms with Gasteiger partial charge < -0.3 is 0 Å². The van der Waals surface area contributed by atoms with Crippen molar-refractivity contribution in [2.24, 2.45) is 0 Å². The van der Waals surface area contributed by atoms with Gasteiger partial charge in [0.05, 0.1) is 5.56 Å². The van der Waals surface area contributed by atoms with Gasteiger partial charge in [-0.15, -0.1) is 0 Å². The van der Waals surface area contributed by atoms with Gasteiger partial charge in [0.25, 0.3) is 0 Å². The molecule has 5 nitrogen and oxygen atoms in total. The van der Waals surface area contributed by atoms with E-state index in [1.807, 2.05) is 19.9 Å². The van der Waals surface area contributed by atoms with Crippen LogP contribution >= 0.6 is 23.4 Å². The quantitative estimate of drug-likeness (QED) is 0.492. The van der Waals surface area contributed by atoms with Crippen LogP contribution < -0.4 is 0 Å². The van der Waals surface area contributed by atoms with Crippen molar-refractivity contribution in [3.8, 4) is 0 Å². The average Bonchev–Trinajstić information content (AvgIpc) is 2.26. The molecule has 0 amide bonds. The highest BCUT2D eigenvalue weighted by atomic mass is 35.5. The summed E-state index contributed by atoms with van der Waals surface area (Å²) >= 11 is 7.13. The summed E-state index contributed by atoms with van der Waals surface area (Å²) < 4.78 is 0. The monoisotopic (exact) mass is 294 g/mol. The molecule has 7 heteroatoms. The maximum atomic E-state index is 11.1. The third-order valence-corrected chi connectivity index (χ3v) is 3.40. The summed E-state index contributed by atoms with van der Waals surface area (Å²) in [6.07, 6.45) is 0.646. The first-order valence-electron chi connectivity index (χ1n) is 5.49. The van der Waals surface area contributed by atoms with Crippen molar-refractivity contribution in [2.75, 3.05) is 0 Å². The first-order valence-corrected chi connectivity index (χ1v) is 6.68. The molecule has 2 aromatic rings. The van der Waals surface area contributed by atoms with Crippen LogP contribution in [0.5, 0.6) is 0 Å². The zero-order valence-electron chi connectivity index (χ0n) is 10.6. The number of aryl methyl sites for hydroxylation is 3. The van der Waals surface area contributed by atoms with E-state index in [-0.39, 0.29) is 10.7 Å². The Bertz CT molecular complexity index is 628. The number of hydrogen-bond donors (Lipinski definition) is 0. The molecule has 19 heavy (non-hydrogen) atoms. The van der Waals surface area contributed by atoms with Gasteiger partial charge in [-0.2, -0.15) is 0 Å². The molecule has 0 fully saturated rings. The van der Waals surface area contributed by atoms with Crippen molar-refractivity contribution >= 4 is 29.6 Å². The smallest absolute Gasteiger partial charge is 0.194 e. The molecule has 0 aliphatic heterocycles. The van der Waals surface area contributed by atoms with E-state index < -0.39 is 0 Å². The average molecular weight is 295 g/mol. The topological polar surface area (TPSA) is 68.6 Å². The lowest BCUT2D eigenvalue weighted by Gasteiger charge is -2.06. The molecule has 0 N–H and O–H groups in total. The van der Waals surface area contributed by atoms with Crippen molar-refractivity contribution in [1.29, 1.82) is 0 Å². The minimum Gasteiger partial charge on any atom is -0.298 e. The predicted octanol–water partition coefficient (Wildman–Crippen LogP) is 2.81. The van der Waals surface area contributed by atoms with E-state index in [1.165, 1.54) is 11.8 Å². The number of aromatic nitrogens is 4. The zero-order chi connectivity index (χ0) is 14.0. The summed E-state index contributed by atoms with van der Waals surface area (Å²) in [6, 6.07) is 1.88. The van der Waals surface area contributed by atoms with Crippen molar-refractivity contribution in [1.82, 2.24) is 19.9 Å². The maximum absolute atomic E-state index is 11.1. The molecule has 2 heterocycles. The van der Waals surface area contributed by atoms with Crippen LogP contribution in [0.3, 0.4) is 0 Å². The fourth-order valence-electron chi connectivity index (χ4n) is 1.53.